The second-order valence-corrected chi connectivity index (χ2v) is 9.36. The Balaban J connectivity index is 1.45. The lowest BCUT2D eigenvalue weighted by Crippen LogP contribution is -2.23. The van der Waals surface area contributed by atoms with Crippen molar-refractivity contribution in [3.8, 4) is 16.9 Å². The van der Waals surface area contributed by atoms with Crippen LogP contribution in [0.25, 0.3) is 16.9 Å². The molecule has 0 unspecified atom stereocenters. The van der Waals surface area contributed by atoms with Crippen molar-refractivity contribution < 1.29 is 14.0 Å². The molecule has 0 aliphatic carbocycles. The van der Waals surface area contributed by atoms with Crippen LogP contribution in [0.15, 0.2) is 85.1 Å². The lowest BCUT2D eigenvalue weighted by Gasteiger charge is -2.12. The number of nitrogens with one attached hydrogen (secondary N) is 2. The lowest BCUT2D eigenvalue weighted by atomic mass is 10.1. The second kappa shape index (κ2) is 11.5. The van der Waals surface area contributed by atoms with Gasteiger partial charge in [-0.1, -0.05) is 47.5 Å². The summed E-state index contributed by atoms with van der Waals surface area (Å²) in [5, 5.41) is 10.2. The van der Waals surface area contributed by atoms with Crippen LogP contribution in [0.5, 0.6) is 0 Å². The Hall–Kier alpha value is -4.80. The molecule has 5 aromatic rings. The van der Waals surface area contributed by atoms with E-state index in [-0.39, 0.29) is 39.4 Å². The van der Waals surface area contributed by atoms with Crippen molar-refractivity contribution in [3.63, 3.8) is 0 Å². The first-order valence-electron chi connectivity index (χ1n) is 11.9. The number of halogens is 3. The van der Waals surface area contributed by atoms with Gasteiger partial charge in [0.1, 0.15) is 11.6 Å². The Labute approximate surface area is 237 Å². The maximum absolute atomic E-state index is 13.7. The van der Waals surface area contributed by atoms with Gasteiger partial charge in [-0.25, -0.2) is 14.6 Å². The summed E-state index contributed by atoms with van der Waals surface area (Å²) >= 11 is 12.7. The van der Waals surface area contributed by atoms with Crippen LogP contribution in [0.1, 0.15) is 26.4 Å². The molecule has 9 nitrogen and oxygen atoms in total. The van der Waals surface area contributed by atoms with Crippen molar-refractivity contribution in [2.45, 2.75) is 6.54 Å². The number of benzene rings is 2. The number of hydrogen-bond acceptors (Lipinski definition) is 6. The number of para-hydroxylation sites is 1. The Morgan fingerprint density at radius 3 is 2.48 bits per heavy atom. The highest BCUT2D eigenvalue weighted by molar-refractivity contribution is 6.38. The van der Waals surface area contributed by atoms with Crippen molar-refractivity contribution in [2.24, 2.45) is 0 Å². The van der Waals surface area contributed by atoms with Crippen LogP contribution < -0.4 is 16.4 Å². The second-order valence-electron chi connectivity index (χ2n) is 8.55. The molecule has 2 amide bonds. The van der Waals surface area contributed by atoms with Gasteiger partial charge in [-0.05, 0) is 54.1 Å². The highest BCUT2D eigenvalue weighted by Gasteiger charge is 2.21. The molecule has 40 heavy (non-hydrogen) atoms. The Morgan fingerprint density at radius 1 is 0.925 bits per heavy atom. The van der Waals surface area contributed by atoms with E-state index in [0.717, 1.165) is 5.56 Å². The monoisotopic (exact) mass is 575 g/mol. The predicted molar refractivity (Wildman–Crippen MR) is 151 cm³/mol. The molecule has 0 aliphatic heterocycles. The number of carbonyl (C=O) groups excluding carboxylic acids is 2. The predicted octanol–water partition coefficient (Wildman–Crippen LogP) is 5.54. The van der Waals surface area contributed by atoms with E-state index in [1.165, 1.54) is 35.0 Å². The van der Waals surface area contributed by atoms with Crippen molar-refractivity contribution in [2.75, 3.05) is 11.1 Å². The summed E-state index contributed by atoms with van der Waals surface area (Å²) in [7, 11) is 0. The number of carbonyl (C=O) groups is 2. The molecule has 0 atom stereocenters. The highest BCUT2D eigenvalue weighted by atomic mass is 35.5. The van der Waals surface area contributed by atoms with E-state index in [9.17, 15) is 14.0 Å². The minimum absolute atomic E-state index is 0.0630. The average Bonchev–Trinajstić information content (AvgIpc) is 3.36. The SMILES string of the molecule is Nc1cc(CNC(=O)c2cc(NC(=O)c3cc(-c4cccc(F)n4)c(Cl)cc3Cl)n(-c3ccccc3)n2)ccn1. The number of aromatic nitrogens is 4. The Bertz CT molecular complexity index is 1730. The summed E-state index contributed by atoms with van der Waals surface area (Å²) in [6, 6.07) is 20.9. The first-order valence-corrected chi connectivity index (χ1v) is 12.6. The summed E-state index contributed by atoms with van der Waals surface area (Å²) in [4.78, 5) is 34.1. The Kier molecular flexibility index (Phi) is 7.72. The van der Waals surface area contributed by atoms with Crippen molar-refractivity contribution in [3.05, 3.63) is 118 Å². The minimum Gasteiger partial charge on any atom is -0.384 e. The fraction of sp³-hybridized carbons (Fsp3) is 0.0357. The number of hydrogen-bond donors (Lipinski definition) is 3. The Morgan fingerprint density at radius 2 is 1.73 bits per heavy atom. The number of nitrogen functional groups attached to an aromatic ring is 1. The van der Waals surface area contributed by atoms with E-state index in [0.29, 0.717) is 17.1 Å². The fourth-order valence-corrected chi connectivity index (χ4v) is 4.45. The quantitative estimate of drug-likeness (QED) is 0.218. The molecule has 0 bridgehead atoms. The molecular formula is C28H20Cl2FN7O2. The van der Waals surface area contributed by atoms with E-state index in [2.05, 4.69) is 25.7 Å². The molecule has 0 fully saturated rings. The van der Waals surface area contributed by atoms with Gasteiger partial charge in [-0.3, -0.25) is 9.59 Å². The maximum atomic E-state index is 13.7. The molecule has 0 saturated heterocycles. The van der Waals surface area contributed by atoms with Gasteiger partial charge in [-0.15, -0.1) is 0 Å². The average molecular weight is 576 g/mol. The molecule has 12 heteroatoms. The third-order valence-corrected chi connectivity index (χ3v) is 6.40. The van der Waals surface area contributed by atoms with Gasteiger partial charge < -0.3 is 16.4 Å². The molecular weight excluding hydrogens is 556 g/mol. The summed E-state index contributed by atoms with van der Waals surface area (Å²) in [5.74, 6) is -1.21. The minimum atomic E-state index is -0.695. The van der Waals surface area contributed by atoms with Gasteiger partial charge in [0.15, 0.2) is 5.69 Å². The highest BCUT2D eigenvalue weighted by Crippen LogP contribution is 2.33. The lowest BCUT2D eigenvalue weighted by molar-refractivity contribution is 0.0944. The molecule has 0 radical (unpaired) electrons. The van der Waals surface area contributed by atoms with E-state index in [1.54, 1.807) is 48.7 Å². The molecule has 4 N–H and O–H groups in total. The standard InChI is InChI=1S/C28H20Cl2FN7O2/c29-20-13-21(30)19(12-18(20)22-7-4-8-24(31)35-22)27(39)36-26-14-23(37-38(26)17-5-2-1-3-6-17)28(40)34-15-16-9-10-33-25(32)11-16/h1-14H,15H2,(H2,32,33)(H,34,40)(H,36,39). The molecule has 0 aliphatic rings. The van der Waals surface area contributed by atoms with E-state index in [4.69, 9.17) is 28.9 Å². The van der Waals surface area contributed by atoms with Gasteiger partial charge >= 0.3 is 0 Å². The van der Waals surface area contributed by atoms with Crippen LogP contribution >= 0.6 is 23.2 Å². The number of amides is 2. The normalized spacial score (nSPS) is 10.8. The first-order chi connectivity index (χ1) is 19.3. The first kappa shape index (κ1) is 26.8. The molecule has 5 rings (SSSR count). The summed E-state index contributed by atoms with van der Waals surface area (Å²) < 4.78 is 15.2. The van der Waals surface area contributed by atoms with Crippen LogP contribution in [0, 0.1) is 5.95 Å². The van der Waals surface area contributed by atoms with Crippen LogP contribution in [0.3, 0.4) is 0 Å². The molecule has 0 spiro atoms. The van der Waals surface area contributed by atoms with E-state index < -0.39 is 17.8 Å². The summed E-state index contributed by atoms with van der Waals surface area (Å²) in [5.41, 5.74) is 7.76. The van der Waals surface area contributed by atoms with Crippen LogP contribution in [0.2, 0.25) is 10.0 Å². The third-order valence-electron chi connectivity index (χ3n) is 5.78. The van der Waals surface area contributed by atoms with Gasteiger partial charge in [-0.2, -0.15) is 9.49 Å². The topological polar surface area (TPSA) is 128 Å². The molecule has 3 heterocycles. The summed E-state index contributed by atoms with van der Waals surface area (Å²) in [6.45, 7) is 0.197. The van der Waals surface area contributed by atoms with Gasteiger partial charge in [0, 0.05) is 24.4 Å². The number of nitrogens with zero attached hydrogens (tertiary/aromatic N) is 4. The summed E-state index contributed by atoms with van der Waals surface area (Å²) in [6.07, 6.45) is 1.55. The number of rotatable bonds is 7. The van der Waals surface area contributed by atoms with Crippen LogP contribution in [0.4, 0.5) is 16.0 Å². The maximum Gasteiger partial charge on any atom is 0.272 e. The van der Waals surface area contributed by atoms with E-state index in [1.807, 2.05) is 6.07 Å². The number of anilines is 2. The number of nitrogens with two attached hydrogens (primary N) is 1. The van der Waals surface area contributed by atoms with Crippen molar-refractivity contribution in [1.82, 2.24) is 25.1 Å². The third kappa shape index (κ3) is 5.93. The van der Waals surface area contributed by atoms with Gasteiger partial charge in [0.25, 0.3) is 11.8 Å². The zero-order chi connectivity index (χ0) is 28.2. The van der Waals surface area contributed by atoms with Crippen LogP contribution in [-0.4, -0.2) is 31.6 Å². The van der Waals surface area contributed by atoms with E-state index >= 15 is 0 Å². The molecule has 3 aromatic heterocycles. The van der Waals surface area contributed by atoms with Gasteiger partial charge in [0.05, 0.1) is 27.0 Å². The van der Waals surface area contributed by atoms with Crippen molar-refractivity contribution >= 4 is 46.7 Å². The fourth-order valence-electron chi connectivity index (χ4n) is 3.89. The van der Waals surface area contributed by atoms with Gasteiger partial charge in [0.2, 0.25) is 5.95 Å². The van der Waals surface area contributed by atoms with Crippen LogP contribution in [-0.2, 0) is 6.54 Å². The molecule has 2 aromatic carbocycles. The molecule has 0 saturated carbocycles. The zero-order valence-electron chi connectivity index (χ0n) is 20.6. The largest absolute Gasteiger partial charge is 0.384 e. The zero-order valence-corrected chi connectivity index (χ0v) is 22.1. The van der Waals surface area contributed by atoms with Crippen molar-refractivity contribution in [1.29, 1.82) is 0 Å². The number of pyridine rings is 2. The smallest absolute Gasteiger partial charge is 0.272 e. The molecule has 200 valence electrons.